The number of hydrogen-bond acceptors (Lipinski definition) is 4. The van der Waals surface area contributed by atoms with Crippen LogP contribution in [-0.2, 0) is 14.2 Å². The second-order valence-electron chi connectivity index (χ2n) is 4.47. The number of unbranched alkanes of at least 4 members (excludes halogenated alkanes) is 4. The summed E-state index contributed by atoms with van der Waals surface area (Å²) in [7, 11) is 0. The lowest BCUT2D eigenvalue weighted by atomic mass is 10.1. The zero-order valence-corrected chi connectivity index (χ0v) is 12.2. The summed E-state index contributed by atoms with van der Waals surface area (Å²) in [5.41, 5.74) is 0. The highest BCUT2D eigenvalue weighted by molar-refractivity contribution is 5.56. The summed E-state index contributed by atoms with van der Waals surface area (Å²) in [6, 6.07) is 0. The van der Waals surface area contributed by atoms with Gasteiger partial charge in [0.1, 0.15) is 6.61 Å². The number of ether oxygens (including phenoxy) is 3. The van der Waals surface area contributed by atoms with E-state index in [-0.39, 0.29) is 12.7 Å². The van der Waals surface area contributed by atoms with E-state index in [0.717, 1.165) is 19.3 Å². The third kappa shape index (κ3) is 13.4. The summed E-state index contributed by atoms with van der Waals surface area (Å²) in [6.07, 6.45) is 5.33. The third-order valence-corrected chi connectivity index (χ3v) is 2.81. The van der Waals surface area contributed by atoms with Crippen molar-refractivity contribution in [3.8, 4) is 0 Å². The Bertz CT molecular complexity index is 208. The number of carbonyl (C=O) groups is 1. The Morgan fingerprint density at radius 3 is 2.47 bits per heavy atom. The molecule has 0 heterocycles. The van der Waals surface area contributed by atoms with Gasteiger partial charge in [-0.05, 0) is 13.3 Å². The minimum atomic E-state index is -1.25. The molecule has 0 aromatic carbocycles. The molecular weight excluding hydrogens is 248 g/mol. The van der Waals surface area contributed by atoms with Gasteiger partial charge in [-0.3, -0.25) is 0 Å². The first-order chi connectivity index (χ1) is 9.20. The molecule has 0 aromatic rings. The number of rotatable bonds is 13. The first-order valence-electron chi connectivity index (χ1n) is 7.25. The Kier molecular flexibility index (Phi) is 13.0. The molecule has 0 amide bonds. The van der Waals surface area contributed by atoms with Crippen molar-refractivity contribution in [2.75, 3.05) is 26.4 Å². The highest BCUT2D eigenvalue weighted by Gasteiger charge is 2.11. The fourth-order valence-corrected chi connectivity index (χ4v) is 1.77. The highest BCUT2D eigenvalue weighted by Crippen LogP contribution is 2.10. The third-order valence-electron chi connectivity index (χ3n) is 2.81. The molecule has 0 radical (unpaired) electrons. The molecule has 0 aliphatic carbocycles. The second kappa shape index (κ2) is 13.6. The fraction of sp³-hybridized carbons (Fsp3) is 0.929. The molecular formula is C14H28O5. The minimum Gasteiger partial charge on any atom is -0.450 e. The Labute approximate surface area is 116 Å². The van der Waals surface area contributed by atoms with Gasteiger partial charge in [0.15, 0.2) is 0 Å². The molecule has 0 spiro atoms. The monoisotopic (exact) mass is 276 g/mol. The van der Waals surface area contributed by atoms with E-state index in [4.69, 9.17) is 14.6 Å². The largest absolute Gasteiger partial charge is 0.505 e. The molecule has 0 aromatic heterocycles. The standard InChI is InChI=1S/C14H28O5/c1-3-5-6-7-8-9-13(12-19-14(15)16)18-11-10-17-4-2/h13H,3-12H2,1-2H3,(H,15,16). The van der Waals surface area contributed by atoms with Gasteiger partial charge in [0, 0.05) is 6.61 Å². The summed E-state index contributed by atoms with van der Waals surface area (Å²) < 4.78 is 15.4. The van der Waals surface area contributed by atoms with E-state index >= 15 is 0 Å². The number of carboxylic acid groups (broad SMARTS) is 1. The molecule has 19 heavy (non-hydrogen) atoms. The van der Waals surface area contributed by atoms with Crippen molar-refractivity contribution in [2.24, 2.45) is 0 Å². The van der Waals surface area contributed by atoms with E-state index in [1.54, 1.807) is 0 Å². The molecule has 0 rings (SSSR count). The molecule has 1 N–H and O–H groups in total. The van der Waals surface area contributed by atoms with E-state index in [2.05, 4.69) is 11.7 Å². The van der Waals surface area contributed by atoms with Crippen molar-refractivity contribution < 1.29 is 24.1 Å². The van der Waals surface area contributed by atoms with Crippen molar-refractivity contribution in [3.63, 3.8) is 0 Å². The average molecular weight is 276 g/mol. The molecule has 0 bridgehead atoms. The van der Waals surface area contributed by atoms with Crippen LogP contribution in [0.15, 0.2) is 0 Å². The minimum absolute atomic E-state index is 0.106. The van der Waals surface area contributed by atoms with Gasteiger partial charge in [0.05, 0.1) is 19.3 Å². The van der Waals surface area contributed by atoms with Gasteiger partial charge < -0.3 is 19.3 Å². The molecule has 0 saturated carbocycles. The summed E-state index contributed by atoms with van der Waals surface area (Å²) >= 11 is 0. The Morgan fingerprint density at radius 1 is 1.11 bits per heavy atom. The topological polar surface area (TPSA) is 65.0 Å². The van der Waals surface area contributed by atoms with Gasteiger partial charge >= 0.3 is 6.16 Å². The van der Waals surface area contributed by atoms with Crippen LogP contribution in [0.25, 0.3) is 0 Å². The predicted molar refractivity (Wildman–Crippen MR) is 73.6 cm³/mol. The van der Waals surface area contributed by atoms with Gasteiger partial charge in [-0.15, -0.1) is 0 Å². The maximum Gasteiger partial charge on any atom is 0.505 e. The highest BCUT2D eigenvalue weighted by atomic mass is 16.7. The normalized spacial score (nSPS) is 12.3. The van der Waals surface area contributed by atoms with Crippen LogP contribution in [0, 0.1) is 0 Å². The average Bonchev–Trinajstić information content (AvgIpc) is 2.39. The van der Waals surface area contributed by atoms with Crippen molar-refractivity contribution in [3.05, 3.63) is 0 Å². The smallest absolute Gasteiger partial charge is 0.450 e. The zero-order valence-electron chi connectivity index (χ0n) is 12.2. The molecule has 0 aliphatic heterocycles. The van der Waals surface area contributed by atoms with Gasteiger partial charge in [-0.1, -0.05) is 39.0 Å². The Balaban J connectivity index is 3.72. The van der Waals surface area contributed by atoms with Crippen LogP contribution in [0.2, 0.25) is 0 Å². The van der Waals surface area contributed by atoms with Crippen molar-refractivity contribution in [1.29, 1.82) is 0 Å². The summed E-state index contributed by atoms with van der Waals surface area (Å²) in [6.45, 7) is 5.90. The molecule has 114 valence electrons. The summed E-state index contributed by atoms with van der Waals surface area (Å²) in [5.74, 6) is 0. The maximum atomic E-state index is 10.4. The van der Waals surface area contributed by atoms with Crippen LogP contribution in [0.3, 0.4) is 0 Å². The van der Waals surface area contributed by atoms with Gasteiger partial charge in [0.25, 0.3) is 0 Å². The lowest BCUT2D eigenvalue weighted by molar-refractivity contribution is -0.0326. The molecule has 1 unspecified atom stereocenters. The second-order valence-corrected chi connectivity index (χ2v) is 4.47. The summed E-state index contributed by atoms with van der Waals surface area (Å²) in [4.78, 5) is 10.4. The van der Waals surface area contributed by atoms with Gasteiger partial charge in [-0.2, -0.15) is 0 Å². The van der Waals surface area contributed by atoms with Crippen molar-refractivity contribution in [1.82, 2.24) is 0 Å². The van der Waals surface area contributed by atoms with E-state index in [9.17, 15) is 4.79 Å². The quantitative estimate of drug-likeness (QED) is 0.412. The zero-order chi connectivity index (χ0) is 14.3. The molecule has 5 nitrogen and oxygen atoms in total. The number of hydrogen-bond donors (Lipinski definition) is 1. The molecule has 0 aliphatic rings. The van der Waals surface area contributed by atoms with Crippen LogP contribution in [-0.4, -0.2) is 43.8 Å². The Hall–Kier alpha value is -0.810. The van der Waals surface area contributed by atoms with E-state index in [1.165, 1.54) is 19.3 Å². The van der Waals surface area contributed by atoms with Gasteiger partial charge in [0.2, 0.25) is 0 Å². The molecule has 0 fully saturated rings. The van der Waals surface area contributed by atoms with Crippen LogP contribution < -0.4 is 0 Å². The van der Waals surface area contributed by atoms with Crippen LogP contribution >= 0.6 is 0 Å². The van der Waals surface area contributed by atoms with E-state index in [1.807, 2.05) is 6.92 Å². The predicted octanol–water partition coefficient (Wildman–Crippen LogP) is 3.46. The first-order valence-corrected chi connectivity index (χ1v) is 7.25. The van der Waals surface area contributed by atoms with E-state index < -0.39 is 6.16 Å². The fourth-order valence-electron chi connectivity index (χ4n) is 1.77. The maximum absolute atomic E-state index is 10.4. The molecule has 1 atom stereocenters. The van der Waals surface area contributed by atoms with Crippen molar-refractivity contribution in [2.45, 2.75) is 58.5 Å². The molecule has 5 heteroatoms. The lowest BCUT2D eigenvalue weighted by Gasteiger charge is -2.17. The van der Waals surface area contributed by atoms with Crippen molar-refractivity contribution >= 4 is 6.16 Å². The summed E-state index contributed by atoms with van der Waals surface area (Å²) in [5, 5.41) is 8.51. The first kappa shape index (κ1) is 18.2. The SMILES string of the molecule is CCCCCCCC(COC(=O)O)OCCOCC. The van der Waals surface area contributed by atoms with Crippen LogP contribution in [0.1, 0.15) is 52.4 Å². The molecule has 0 saturated heterocycles. The van der Waals surface area contributed by atoms with Gasteiger partial charge in [-0.25, -0.2) is 4.79 Å². The lowest BCUT2D eigenvalue weighted by Crippen LogP contribution is -2.23. The Morgan fingerprint density at radius 2 is 1.84 bits per heavy atom. The van der Waals surface area contributed by atoms with Crippen LogP contribution in [0.5, 0.6) is 0 Å². The van der Waals surface area contributed by atoms with E-state index in [0.29, 0.717) is 19.8 Å². The van der Waals surface area contributed by atoms with Crippen LogP contribution in [0.4, 0.5) is 4.79 Å².